The molecular weight excluding hydrogens is 466 g/mol. The largest absolute Gasteiger partial charge is 0.459 e. The SMILES string of the molecule is CC(C)(C)C(=O)OCOC(C(=O)OC1CC2CCC(C1)[N+]21CCCC1)(c1ccccc1)c1ccccc1. The zero-order valence-corrected chi connectivity index (χ0v) is 22.4. The van der Waals surface area contributed by atoms with Gasteiger partial charge in [0.15, 0.2) is 6.79 Å². The Morgan fingerprint density at radius 2 is 1.32 bits per heavy atom. The van der Waals surface area contributed by atoms with Crippen molar-refractivity contribution in [2.75, 3.05) is 19.9 Å². The van der Waals surface area contributed by atoms with Crippen LogP contribution in [0.15, 0.2) is 60.7 Å². The summed E-state index contributed by atoms with van der Waals surface area (Å²) in [5.74, 6) is -0.838. The number of carbonyl (C=O) groups excluding carboxylic acids is 2. The van der Waals surface area contributed by atoms with Crippen LogP contribution in [-0.4, -0.2) is 54.5 Å². The molecule has 37 heavy (non-hydrogen) atoms. The summed E-state index contributed by atoms with van der Waals surface area (Å²) in [5, 5.41) is 0. The summed E-state index contributed by atoms with van der Waals surface area (Å²) >= 11 is 0. The number of hydrogen-bond acceptors (Lipinski definition) is 5. The molecule has 198 valence electrons. The topological polar surface area (TPSA) is 61.8 Å². The molecule has 3 heterocycles. The molecule has 3 fully saturated rings. The lowest BCUT2D eigenvalue weighted by molar-refractivity contribution is -0.956. The van der Waals surface area contributed by atoms with E-state index in [4.69, 9.17) is 14.2 Å². The summed E-state index contributed by atoms with van der Waals surface area (Å²) in [5.41, 5.74) is -0.918. The van der Waals surface area contributed by atoms with Gasteiger partial charge in [-0.05, 0) is 31.9 Å². The Morgan fingerprint density at radius 1 is 0.811 bits per heavy atom. The van der Waals surface area contributed by atoms with Crippen molar-refractivity contribution in [1.82, 2.24) is 0 Å². The summed E-state index contributed by atoms with van der Waals surface area (Å²) in [6.07, 6.45) is 6.73. The van der Waals surface area contributed by atoms with Gasteiger partial charge in [-0.1, -0.05) is 60.7 Å². The fourth-order valence-corrected chi connectivity index (χ4v) is 6.90. The van der Waals surface area contributed by atoms with Crippen LogP contribution in [0.1, 0.15) is 70.4 Å². The zero-order chi connectivity index (χ0) is 26.1. The molecule has 0 saturated carbocycles. The molecule has 0 amide bonds. The van der Waals surface area contributed by atoms with Gasteiger partial charge in [0.25, 0.3) is 0 Å². The first kappa shape index (κ1) is 25.9. The molecule has 3 aliphatic rings. The third kappa shape index (κ3) is 4.82. The zero-order valence-electron chi connectivity index (χ0n) is 22.4. The molecule has 3 aliphatic heterocycles. The highest BCUT2D eigenvalue weighted by atomic mass is 16.7. The normalized spacial score (nSPS) is 24.7. The predicted octanol–water partition coefficient (Wildman–Crippen LogP) is 5.34. The van der Waals surface area contributed by atoms with E-state index in [-0.39, 0.29) is 18.9 Å². The molecule has 2 unspecified atom stereocenters. The van der Waals surface area contributed by atoms with Gasteiger partial charge in [-0.15, -0.1) is 0 Å². The van der Waals surface area contributed by atoms with Crippen LogP contribution < -0.4 is 0 Å². The maximum absolute atomic E-state index is 14.3. The third-order valence-electron chi connectivity index (χ3n) is 8.76. The molecule has 1 spiro atoms. The summed E-state index contributed by atoms with van der Waals surface area (Å²) < 4.78 is 19.4. The lowest BCUT2D eigenvalue weighted by atomic mass is 9.85. The monoisotopic (exact) mass is 506 g/mol. The lowest BCUT2D eigenvalue weighted by Crippen LogP contribution is -2.60. The second kappa shape index (κ2) is 10.2. The van der Waals surface area contributed by atoms with Gasteiger partial charge in [0, 0.05) is 38.5 Å². The molecule has 2 aromatic rings. The number of quaternary nitrogens is 1. The number of nitrogens with zero attached hydrogens (tertiary/aromatic N) is 1. The van der Waals surface area contributed by atoms with E-state index >= 15 is 0 Å². The fraction of sp³-hybridized carbons (Fsp3) is 0.548. The van der Waals surface area contributed by atoms with Crippen molar-refractivity contribution in [1.29, 1.82) is 0 Å². The number of hydrogen-bond donors (Lipinski definition) is 0. The number of esters is 2. The summed E-state index contributed by atoms with van der Waals surface area (Å²) in [6.45, 7) is 7.56. The van der Waals surface area contributed by atoms with Crippen LogP contribution in [-0.2, 0) is 29.4 Å². The van der Waals surface area contributed by atoms with Crippen molar-refractivity contribution in [2.45, 2.75) is 83.1 Å². The average molecular weight is 507 g/mol. The number of carbonyl (C=O) groups is 2. The van der Waals surface area contributed by atoms with Crippen LogP contribution in [0.2, 0.25) is 0 Å². The molecule has 3 saturated heterocycles. The molecule has 6 nitrogen and oxygen atoms in total. The van der Waals surface area contributed by atoms with Crippen molar-refractivity contribution in [2.24, 2.45) is 5.41 Å². The molecular formula is C31H40NO5+. The first-order valence-electron chi connectivity index (χ1n) is 13.8. The van der Waals surface area contributed by atoms with Gasteiger partial charge in [-0.2, -0.15) is 0 Å². The highest BCUT2D eigenvalue weighted by Crippen LogP contribution is 2.47. The van der Waals surface area contributed by atoms with Gasteiger partial charge in [0.2, 0.25) is 5.60 Å². The van der Waals surface area contributed by atoms with Gasteiger partial charge >= 0.3 is 11.9 Å². The Balaban J connectivity index is 1.43. The molecule has 2 bridgehead atoms. The lowest BCUT2D eigenvalue weighted by Gasteiger charge is -2.47. The molecule has 2 atom stereocenters. The third-order valence-corrected chi connectivity index (χ3v) is 8.76. The molecule has 0 N–H and O–H groups in total. The van der Waals surface area contributed by atoms with E-state index in [1.807, 2.05) is 60.7 Å². The van der Waals surface area contributed by atoms with Gasteiger partial charge in [0.05, 0.1) is 30.6 Å². The second-order valence-electron chi connectivity index (χ2n) is 12.0. The van der Waals surface area contributed by atoms with E-state index in [1.54, 1.807) is 20.8 Å². The Labute approximate surface area is 220 Å². The fourth-order valence-electron chi connectivity index (χ4n) is 6.90. The Bertz CT molecular complexity index is 1030. The molecule has 0 aliphatic carbocycles. The highest BCUT2D eigenvalue weighted by Gasteiger charge is 2.57. The van der Waals surface area contributed by atoms with Gasteiger partial charge < -0.3 is 18.7 Å². The smallest absolute Gasteiger partial charge is 0.348 e. The predicted molar refractivity (Wildman–Crippen MR) is 140 cm³/mol. The minimum Gasteiger partial charge on any atom is -0.459 e. The van der Waals surface area contributed by atoms with Gasteiger partial charge in [-0.25, -0.2) is 4.79 Å². The first-order valence-corrected chi connectivity index (χ1v) is 13.8. The van der Waals surface area contributed by atoms with Crippen molar-refractivity contribution >= 4 is 11.9 Å². The van der Waals surface area contributed by atoms with E-state index in [2.05, 4.69) is 0 Å². The van der Waals surface area contributed by atoms with E-state index in [0.717, 1.165) is 12.8 Å². The minimum atomic E-state index is -1.54. The summed E-state index contributed by atoms with van der Waals surface area (Å²) in [7, 11) is 0. The first-order chi connectivity index (χ1) is 17.8. The van der Waals surface area contributed by atoms with Crippen LogP contribution >= 0.6 is 0 Å². The maximum Gasteiger partial charge on any atom is 0.348 e. The second-order valence-corrected chi connectivity index (χ2v) is 12.0. The van der Waals surface area contributed by atoms with E-state index in [0.29, 0.717) is 23.2 Å². The minimum absolute atomic E-state index is 0.137. The van der Waals surface area contributed by atoms with Crippen LogP contribution in [0, 0.1) is 5.41 Å². The summed E-state index contributed by atoms with van der Waals surface area (Å²) in [6, 6.07) is 20.0. The van der Waals surface area contributed by atoms with E-state index in [9.17, 15) is 9.59 Å². The molecule has 2 aromatic carbocycles. The van der Waals surface area contributed by atoms with Crippen molar-refractivity contribution < 1.29 is 28.3 Å². The Morgan fingerprint density at radius 3 is 1.81 bits per heavy atom. The average Bonchev–Trinajstić information content (AvgIpc) is 3.43. The number of rotatable bonds is 7. The molecule has 0 aromatic heterocycles. The molecule has 0 radical (unpaired) electrons. The van der Waals surface area contributed by atoms with Crippen molar-refractivity contribution in [3.05, 3.63) is 71.8 Å². The number of piperidine rings is 1. The van der Waals surface area contributed by atoms with Crippen molar-refractivity contribution in [3.8, 4) is 0 Å². The Kier molecular flexibility index (Phi) is 7.16. The van der Waals surface area contributed by atoms with E-state index < -0.39 is 17.0 Å². The maximum atomic E-state index is 14.3. The molecule has 5 rings (SSSR count). The van der Waals surface area contributed by atoms with Crippen molar-refractivity contribution in [3.63, 3.8) is 0 Å². The van der Waals surface area contributed by atoms with E-state index in [1.165, 1.54) is 43.3 Å². The van der Waals surface area contributed by atoms with Crippen LogP contribution in [0.25, 0.3) is 0 Å². The number of benzene rings is 2. The van der Waals surface area contributed by atoms with Crippen LogP contribution in [0.3, 0.4) is 0 Å². The highest BCUT2D eigenvalue weighted by molar-refractivity contribution is 5.86. The molecule has 6 heteroatoms. The number of ether oxygens (including phenoxy) is 3. The summed E-state index contributed by atoms with van der Waals surface area (Å²) in [4.78, 5) is 26.8. The Hall–Kier alpha value is -2.70. The van der Waals surface area contributed by atoms with Gasteiger partial charge in [0.1, 0.15) is 6.10 Å². The van der Waals surface area contributed by atoms with Crippen LogP contribution in [0.5, 0.6) is 0 Å². The van der Waals surface area contributed by atoms with Crippen LogP contribution in [0.4, 0.5) is 0 Å². The quantitative estimate of drug-likeness (QED) is 0.288. The van der Waals surface area contributed by atoms with Gasteiger partial charge in [-0.3, -0.25) is 4.79 Å². The standard InChI is InChI=1S/C31H40NO5/c1-30(2,3)28(33)35-22-36-31(23-12-6-4-7-13-23,24-14-8-5-9-15-24)29(34)37-27-20-25-16-17-26(21-27)32(25)18-10-11-19-32/h4-9,12-15,25-27H,10-11,16-22H2,1-3H3/q+1.